The van der Waals surface area contributed by atoms with Gasteiger partial charge in [0.2, 0.25) is 6.71 Å². The van der Waals surface area contributed by atoms with E-state index in [9.17, 15) is 26.3 Å². The molecule has 4 rings (SSSR count). The Morgan fingerprint density at radius 2 is 0.732 bits per heavy atom. The van der Waals surface area contributed by atoms with Gasteiger partial charge in [0.05, 0.1) is 8.07 Å². The lowest BCUT2D eigenvalue weighted by atomic mass is 9.31. The van der Waals surface area contributed by atoms with Gasteiger partial charge < -0.3 is 0 Å². The molecule has 0 saturated heterocycles. The van der Waals surface area contributed by atoms with E-state index in [0.29, 0.717) is 5.56 Å². The first-order valence-electron chi connectivity index (χ1n) is 12.3. The van der Waals surface area contributed by atoms with Crippen molar-refractivity contribution < 1.29 is 43.9 Å². The fraction of sp³-hybridized carbons (Fsp3) is 0.172. The third-order valence-corrected chi connectivity index (χ3v) is 9.66. The third kappa shape index (κ3) is 5.29. The van der Waals surface area contributed by atoms with Crippen molar-refractivity contribution in [3.8, 4) is 0 Å². The molecule has 4 aromatic rings. The van der Waals surface area contributed by atoms with Crippen LogP contribution in [0.1, 0.15) is 22.5 Å². The molecule has 0 spiro atoms. The summed E-state index contributed by atoms with van der Waals surface area (Å²) in [7, 11) is -2.76. The van der Waals surface area contributed by atoms with Crippen molar-refractivity contribution in [2.45, 2.75) is 31.0 Å². The molecule has 0 saturated carbocycles. The molecular formula is C29H21BF10Si. The van der Waals surface area contributed by atoms with E-state index in [-0.39, 0.29) is 5.56 Å². The third-order valence-electron chi connectivity index (χ3n) is 7.10. The zero-order valence-electron chi connectivity index (χ0n) is 21.8. The number of benzene rings is 4. The molecule has 2 unspecified atom stereocenters. The lowest BCUT2D eigenvalue weighted by molar-refractivity contribution is 0.381. The van der Waals surface area contributed by atoms with Crippen LogP contribution in [0, 0.1) is 58.2 Å². The summed E-state index contributed by atoms with van der Waals surface area (Å²) < 4.78 is 149. The summed E-state index contributed by atoms with van der Waals surface area (Å²) in [5, 5.41) is 0. The average molecular weight is 598 g/mol. The number of hydrogen-bond donors (Lipinski definition) is 0. The highest BCUT2D eigenvalue weighted by molar-refractivity contribution is 6.89. The zero-order chi connectivity index (χ0) is 30.4. The number of halogens is 10. The van der Waals surface area contributed by atoms with Crippen LogP contribution in [0.2, 0.25) is 19.6 Å². The van der Waals surface area contributed by atoms with Gasteiger partial charge in [0.1, 0.15) is 0 Å². The van der Waals surface area contributed by atoms with Crippen LogP contribution in [0.5, 0.6) is 0 Å². The maximum absolute atomic E-state index is 15.5. The van der Waals surface area contributed by atoms with Crippen LogP contribution in [0.25, 0.3) is 0 Å². The van der Waals surface area contributed by atoms with Gasteiger partial charge in [-0.05, 0) is 16.9 Å². The molecular weight excluding hydrogens is 577 g/mol. The van der Waals surface area contributed by atoms with Gasteiger partial charge in [-0.15, -0.1) is 0 Å². The summed E-state index contributed by atoms with van der Waals surface area (Å²) in [6, 6.07) is 15.3. The van der Waals surface area contributed by atoms with E-state index in [1.54, 1.807) is 56.0 Å². The normalized spacial score (nSPS) is 13.3. The highest BCUT2D eigenvalue weighted by Gasteiger charge is 2.49. The van der Waals surface area contributed by atoms with Crippen LogP contribution >= 0.6 is 0 Å². The molecule has 12 heteroatoms. The molecule has 4 aromatic carbocycles. The summed E-state index contributed by atoms with van der Waals surface area (Å²) in [5.41, 5.74) is -3.74. The molecule has 41 heavy (non-hydrogen) atoms. The Hall–Kier alpha value is -3.54. The van der Waals surface area contributed by atoms with E-state index in [1.807, 2.05) is 0 Å². The van der Waals surface area contributed by atoms with E-state index in [4.69, 9.17) is 0 Å². The minimum atomic E-state index is -2.76. The van der Waals surface area contributed by atoms with Crippen molar-refractivity contribution >= 4 is 25.7 Å². The van der Waals surface area contributed by atoms with Crippen LogP contribution in [0.3, 0.4) is 0 Å². The Morgan fingerprint density at radius 1 is 0.439 bits per heavy atom. The van der Waals surface area contributed by atoms with Crippen molar-refractivity contribution in [1.82, 2.24) is 0 Å². The van der Waals surface area contributed by atoms with Gasteiger partial charge in [-0.25, -0.2) is 43.9 Å². The Morgan fingerprint density at radius 3 is 1.05 bits per heavy atom. The molecule has 0 N–H and O–H groups in total. The van der Waals surface area contributed by atoms with E-state index < -0.39 is 95.2 Å². The first kappa shape index (κ1) is 30.4. The molecule has 0 amide bonds. The lowest BCUT2D eigenvalue weighted by Gasteiger charge is -2.40. The molecule has 0 aliphatic carbocycles. The molecule has 0 nitrogen and oxygen atoms in total. The first-order valence-corrected chi connectivity index (χ1v) is 15.9. The van der Waals surface area contributed by atoms with E-state index in [0.717, 1.165) is 0 Å². The van der Waals surface area contributed by atoms with Gasteiger partial charge in [0, 0.05) is 10.9 Å². The van der Waals surface area contributed by atoms with Gasteiger partial charge in [-0.1, -0.05) is 85.9 Å². The fourth-order valence-electron chi connectivity index (χ4n) is 5.45. The highest BCUT2D eigenvalue weighted by atomic mass is 28.3. The smallest absolute Gasteiger partial charge is 0.204 e. The Kier molecular flexibility index (Phi) is 8.45. The average Bonchev–Trinajstić information content (AvgIpc) is 2.95. The largest absolute Gasteiger partial charge is 0.233 e. The number of hydrogen-bond acceptors (Lipinski definition) is 0. The van der Waals surface area contributed by atoms with Crippen LogP contribution in [0.4, 0.5) is 43.9 Å². The van der Waals surface area contributed by atoms with Crippen molar-refractivity contribution in [1.29, 1.82) is 0 Å². The molecule has 0 fully saturated rings. The molecule has 0 bridgehead atoms. The van der Waals surface area contributed by atoms with Crippen LogP contribution in [-0.2, 0) is 0 Å². The standard InChI is InChI=1S/C29H21BF10Si/c1-41(2,3)29(15-12-8-5-9-13-15)16(14-10-6-4-7-11-14)30(17-19(31)23(35)27(39)24(36)20(17)32)18-21(33)25(37)28(40)26(38)22(18)34/h4-13,16,29H,1-3H3. The summed E-state index contributed by atoms with van der Waals surface area (Å²) in [5.74, 6) is -26.1. The predicted molar refractivity (Wildman–Crippen MR) is 139 cm³/mol. The Bertz CT molecular complexity index is 1460. The number of rotatable bonds is 7. The first-order chi connectivity index (χ1) is 19.2. The molecule has 0 aliphatic heterocycles. The van der Waals surface area contributed by atoms with Crippen molar-refractivity contribution in [3.63, 3.8) is 0 Å². The molecule has 0 aliphatic rings. The van der Waals surface area contributed by atoms with Crippen LogP contribution in [0.15, 0.2) is 60.7 Å². The Balaban J connectivity index is 2.27. The maximum atomic E-state index is 15.5. The van der Waals surface area contributed by atoms with Gasteiger partial charge >= 0.3 is 0 Å². The highest BCUT2D eigenvalue weighted by Crippen LogP contribution is 2.42. The van der Waals surface area contributed by atoms with Gasteiger partial charge in [0.15, 0.2) is 58.2 Å². The van der Waals surface area contributed by atoms with E-state index >= 15 is 17.6 Å². The SMILES string of the molecule is C[Si](C)(C)C(c1ccccc1)C(B(c1c(F)c(F)c(F)c(F)c1F)c1c(F)c(F)c(F)c(F)c1F)c1ccccc1. The minimum Gasteiger partial charge on any atom is -0.204 e. The van der Waals surface area contributed by atoms with E-state index in [1.165, 1.54) is 24.3 Å². The molecule has 0 aromatic heterocycles. The van der Waals surface area contributed by atoms with Crippen molar-refractivity contribution in [3.05, 3.63) is 130 Å². The van der Waals surface area contributed by atoms with Crippen LogP contribution < -0.4 is 10.9 Å². The summed E-state index contributed by atoms with van der Waals surface area (Å²) in [6.45, 7) is 2.81. The topological polar surface area (TPSA) is 0 Å². The lowest BCUT2D eigenvalue weighted by Crippen LogP contribution is -2.58. The van der Waals surface area contributed by atoms with Gasteiger partial charge in [0.25, 0.3) is 0 Å². The quantitative estimate of drug-likeness (QED) is 0.0887. The van der Waals surface area contributed by atoms with Crippen molar-refractivity contribution in [2.24, 2.45) is 0 Å². The predicted octanol–water partition coefficient (Wildman–Crippen LogP) is 7.67. The second kappa shape index (κ2) is 11.4. The zero-order valence-corrected chi connectivity index (χ0v) is 22.8. The molecule has 2 atom stereocenters. The second-order valence-corrected chi connectivity index (χ2v) is 16.0. The minimum absolute atomic E-state index is 0.113. The fourth-order valence-corrected chi connectivity index (χ4v) is 8.11. The Labute approximate surface area is 230 Å². The molecule has 0 heterocycles. The second-order valence-electron chi connectivity index (χ2n) is 10.6. The molecule has 214 valence electrons. The summed E-state index contributed by atoms with van der Waals surface area (Å²) in [6.07, 6.45) is 0. The van der Waals surface area contributed by atoms with E-state index in [2.05, 4.69) is 0 Å². The monoisotopic (exact) mass is 598 g/mol. The van der Waals surface area contributed by atoms with Gasteiger partial charge in [-0.2, -0.15) is 0 Å². The van der Waals surface area contributed by atoms with Gasteiger partial charge in [-0.3, -0.25) is 0 Å². The maximum Gasteiger partial charge on any atom is 0.233 e. The summed E-state index contributed by atoms with van der Waals surface area (Å²) in [4.78, 5) is 0. The van der Waals surface area contributed by atoms with Crippen LogP contribution in [-0.4, -0.2) is 14.8 Å². The summed E-state index contributed by atoms with van der Waals surface area (Å²) >= 11 is 0. The van der Waals surface area contributed by atoms with Crippen molar-refractivity contribution in [2.75, 3.05) is 0 Å². The molecule has 0 radical (unpaired) electrons.